The van der Waals surface area contributed by atoms with Crippen LogP contribution in [0.3, 0.4) is 0 Å². The molecule has 3 heterocycles. The van der Waals surface area contributed by atoms with Gasteiger partial charge in [-0.2, -0.15) is 0 Å². The minimum absolute atomic E-state index is 0.133. The molecular weight excluding hydrogens is 462 g/mol. The molecule has 2 aromatic heterocycles. The lowest BCUT2D eigenvalue weighted by Crippen LogP contribution is -2.40. The number of amides is 1. The minimum atomic E-state index is -0.133. The lowest BCUT2D eigenvalue weighted by Gasteiger charge is -2.31. The molecule has 6 nitrogen and oxygen atoms in total. The van der Waals surface area contributed by atoms with Crippen LogP contribution in [0.1, 0.15) is 43.0 Å². The largest absolute Gasteiger partial charge is 0.489 e. The Morgan fingerprint density at radius 3 is 2.65 bits per heavy atom. The highest BCUT2D eigenvalue weighted by molar-refractivity contribution is 5.88. The molecule has 1 saturated carbocycles. The van der Waals surface area contributed by atoms with Gasteiger partial charge in [0, 0.05) is 61.4 Å². The third-order valence-electron chi connectivity index (χ3n) is 8.30. The average molecular weight is 496 g/mol. The fourth-order valence-corrected chi connectivity index (χ4v) is 6.15. The van der Waals surface area contributed by atoms with Gasteiger partial charge in [0.05, 0.1) is 11.2 Å². The summed E-state index contributed by atoms with van der Waals surface area (Å²) >= 11 is 0. The Hall–Kier alpha value is -3.80. The van der Waals surface area contributed by atoms with Crippen molar-refractivity contribution in [1.82, 2.24) is 14.0 Å². The highest BCUT2D eigenvalue weighted by Crippen LogP contribution is 2.36. The topological polar surface area (TPSA) is 56.5 Å². The van der Waals surface area contributed by atoms with Crippen LogP contribution in [0.2, 0.25) is 0 Å². The first kappa shape index (κ1) is 23.6. The van der Waals surface area contributed by atoms with E-state index >= 15 is 0 Å². The van der Waals surface area contributed by atoms with Crippen LogP contribution in [0, 0.1) is 11.8 Å². The van der Waals surface area contributed by atoms with Crippen LogP contribution in [0.15, 0.2) is 71.7 Å². The summed E-state index contributed by atoms with van der Waals surface area (Å²) in [6.45, 7) is 4.08. The van der Waals surface area contributed by atoms with Gasteiger partial charge in [-0.1, -0.05) is 49.7 Å². The van der Waals surface area contributed by atoms with E-state index in [1.54, 1.807) is 10.8 Å². The zero-order valence-electron chi connectivity index (χ0n) is 21.5. The number of ether oxygens (including phenoxy) is 1. The van der Waals surface area contributed by atoms with E-state index in [1.807, 2.05) is 42.5 Å². The van der Waals surface area contributed by atoms with E-state index in [1.165, 1.54) is 17.3 Å². The Morgan fingerprint density at radius 2 is 1.89 bits per heavy atom. The van der Waals surface area contributed by atoms with Crippen LogP contribution >= 0.6 is 0 Å². The van der Waals surface area contributed by atoms with Gasteiger partial charge in [-0.15, -0.1) is 0 Å². The van der Waals surface area contributed by atoms with Crippen LogP contribution < -0.4 is 10.3 Å². The summed E-state index contributed by atoms with van der Waals surface area (Å²) in [7, 11) is 2.09. The van der Waals surface area contributed by atoms with Gasteiger partial charge in [0.2, 0.25) is 5.91 Å². The summed E-state index contributed by atoms with van der Waals surface area (Å²) < 4.78 is 9.71. The molecule has 1 aliphatic heterocycles. The van der Waals surface area contributed by atoms with Gasteiger partial charge in [0.15, 0.2) is 0 Å². The van der Waals surface area contributed by atoms with Gasteiger partial charge in [-0.05, 0) is 42.5 Å². The van der Waals surface area contributed by atoms with Crippen molar-refractivity contribution in [3.63, 3.8) is 0 Å². The molecule has 37 heavy (non-hydrogen) atoms. The summed E-state index contributed by atoms with van der Waals surface area (Å²) in [6.07, 6.45) is 5.97. The standard InChI is InChI=1S/C31H33N3O3/c1-21-7-6-10-25(21)31(36)33-15-14-28-27(19-33)26-12-11-23(17-29(26)32(28)2)34-16-13-24(18-30(34)35)37-20-22-8-4-3-5-9-22/h3-5,8-9,11-13,16-18,21,25H,6-7,10,14-15,19-20H2,1-2H3/t21?,25-/m0/s1. The molecule has 0 radical (unpaired) electrons. The lowest BCUT2D eigenvalue weighted by atomic mass is 9.95. The summed E-state index contributed by atoms with van der Waals surface area (Å²) in [5, 5.41) is 1.16. The predicted molar refractivity (Wildman–Crippen MR) is 145 cm³/mol. The van der Waals surface area contributed by atoms with Crippen LogP contribution in [0.25, 0.3) is 16.6 Å². The van der Waals surface area contributed by atoms with Crippen molar-refractivity contribution in [2.45, 2.75) is 45.8 Å². The van der Waals surface area contributed by atoms with Gasteiger partial charge >= 0.3 is 0 Å². The molecular formula is C31H33N3O3. The maximum absolute atomic E-state index is 13.3. The van der Waals surface area contributed by atoms with Crippen LogP contribution in [0.4, 0.5) is 0 Å². The first-order valence-corrected chi connectivity index (χ1v) is 13.3. The number of aromatic nitrogens is 2. The van der Waals surface area contributed by atoms with Gasteiger partial charge in [-0.25, -0.2) is 0 Å². The summed E-state index contributed by atoms with van der Waals surface area (Å²) in [4.78, 5) is 28.3. The van der Waals surface area contributed by atoms with E-state index in [9.17, 15) is 9.59 Å². The van der Waals surface area contributed by atoms with Crippen molar-refractivity contribution in [2.75, 3.05) is 6.54 Å². The van der Waals surface area contributed by atoms with E-state index < -0.39 is 0 Å². The van der Waals surface area contributed by atoms with Crippen molar-refractivity contribution >= 4 is 16.8 Å². The highest BCUT2D eigenvalue weighted by Gasteiger charge is 2.35. The number of carbonyl (C=O) groups is 1. The average Bonchev–Trinajstić information content (AvgIpc) is 3.48. The Balaban J connectivity index is 1.25. The van der Waals surface area contributed by atoms with Gasteiger partial charge < -0.3 is 14.2 Å². The first-order chi connectivity index (χ1) is 18.0. The number of hydrogen-bond acceptors (Lipinski definition) is 3. The van der Waals surface area contributed by atoms with Gasteiger partial charge in [0.1, 0.15) is 12.4 Å². The molecule has 4 aromatic rings. The number of benzene rings is 2. The van der Waals surface area contributed by atoms with Crippen LogP contribution in [-0.2, 0) is 31.4 Å². The van der Waals surface area contributed by atoms with Gasteiger partial charge in [-0.3, -0.25) is 14.2 Å². The zero-order chi connectivity index (χ0) is 25.5. The number of carbonyl (C=O) groups excluding carboxylic acids is 1. The smallest absolute Gasteiger partial charge is 0.258 e. The van der Waals surface area contributed by atoms with Crippen molar-refractivity contribution in [3.8, 4) is 11.4 Å². The number of fused-ring (bicyclic) bond motifs is 3. The maximum Gasteiger partial charge on any atom is 0.258 e. The molecule has 6 rings (SSSR count). The number of rotatable bonds is 5. The molecule has 1 amide bonds. The van der Waals surface area contributed by atoms with Crippen molar-refractivity contribution in [3.05, 3.63) is 94.0 Å². The molecule has 2 aromatic carbocycles. The molecule has 0 bridgehead atoms. The number of pyridine rings is 1. The number of nitrogens with zero attached hydrogens (tertiary/aromatic N) is 3. The summed E-state index contributed by atoms with van der Waals surface area (Å²) in [5.41, 5.74) is 5.35. The van der Waals surface area contributed by atoms with E-state index in [4.69, 9.17) is 4.74 Å². The third kappa shape index (κ3) is 4.35. The van der Waals surface area contributed by atoms with E-state index in [-0.39, 0.29) is 11.5 Å². The molecule has 1 fully saturated rings. The fourth-order valence-electron chi connectivity index (χ4n) is 6.15. The van der Waals surface area contributed by atoms with Crippen LogP contribution in [-0.4, -0.2) is 26.5 Å². The molecule has 190 valence electrons. The predicted octanol–water partition coefficient (Wildman–Crippen LogP) is 5.23. The molecule has 1 aliphatic carbocycles. The Kier molecular flexibility index (Phi) is 6.11. The van der Waals surface area contributed by atoms with Gasteiger partial charge in [0.25, 0.3) is 5.56 Å². The Labute approximate surface area is 217 Å². The van der Waals surface area contributed by atoms with Crippen LogP contribution in [0.5, 0.6) is 5.75 Å². The summed E-state index contributed by atoms with van der Waals surface area (Å²) in [5.74, 6) is 1.54. The Bertz CT molecular complexity index is 1520. The molecule has 1 unspecified atom stereocenters. The second-order valence-electron chi connectivity index (χ2n) is 10.6. The highest BCUT2D eigenvalue weighted by atomic mass is 16.5. The number of hydrogen-bond donors (Lipinski definition) is 0. The molecule has 0 N–H and O–H groups in total. The lowest BCUT2D eigenvalue weighted by molar-refractivity contribution is -0.137. The van der Waals surface area contributed by atoms with E-state index in [0.717, 1.165) is 54.4 Å². The number of aryl methyl sites for hydroxylation is 1. The second-order valence-corrected chi connectivity index (χ2v) is 10.6. The Morgan fingerprint density at radius 1 is 1.05 bits per heavy atom. The third-order valence-corrected chi connectivity index (χ3v) is 8.30. The zero-order valence-corrected chi connectivity index (χ0v) is 21.5. The van der Waals surface area contributed by atoms with E-state index in [0.29, 0.717) is 30.7 Å². The second kappa shape index (κ2) is 9.58. The molecule has 2 atom stereocenters. The first-order valence-electron chi connectivity index (χ1n) is 13.3. The maximum atomic E-state index is 13.3. The minimum Gasteiger partial charge on any atom is -0.489 e. The fraction of sp³-hybridized carbons (Fsp3) is 0.355. The van der Waals surface area contributed by atoms with Crippen molar-refractivity contribution in [2.24, 2.45) is 18.9 Å². The van der Waals surface area contributed by atoms with E-state index in [2.05, 4.69) is 35.6 Å². The summed E-state index contributed by atoms with van der Waals surface area (Å²) in [6, 6.07) is 19.5. The quantitative estimate of drug-likeness (QED) is 0.381. The normalized spacial score (nSPS) is 19.2. The molecule has 0 spiro atoms. The molecule has 2 aliphatic rings. The van der Waals surface area contributed by atoms with Crippen molar-refractivity contribution in [1.29, 1.82) is 0 Å². The molecule has 0 saturated heterocycles. The molecule has 6 heteroatoms. The monoisotopic (exact) mass is 495 g/mol. The van der Waals surface area contributed by atoms with Crippen molar-refractivity contribution < 1.29 is 9.53 Å². The SMILES string of the molecule is CC1CCC[C@@H]1C(=O)N1CCc2c(c3ccc(-n4ccc(OCc5ccccc5)cc4=O)cc3n2C)C1.